The maximum absolute atomic E-state index is 13.4. The van der Waals surface area contributed by atoms with Crippen LogP contribution in [0.5, 0.6) is 0 Å². The molecule has 102 valence electrons. The highest BCUT2D eigenvalue weighted by Crippen LogP contribution is 2.19. The fourth-order valence-electron chi connectivity index (χ4n) is 2.37. The molecule has 0 aromatic heterocycles. The van der Waals surface area contributed by atoms with E-state index in [1.807, 2.05) is 0 Å². The minimum absolute atomic E-state index is 0.110. The van der Waals surface area contributed by atoms with Gasteiger partial charge in [0.2, 0.25) is 5.91 Å². The van der Waals surface area contributed by atoms with Gasteiger partial charge in [-0.3, -0.25) is 4.79 Å². The largest absolute Gasteiger partial charge is 0.355 e. The molecule has 0 heterocycles. The third kappa shape index (κ3) is 4.51. The summed E-state index contributed by atoms with van der Waals surface area (Å²) in [4.78, 5) is 11.7. The molecular formula is C16H20FNO. The number of hydrogen-bond donors (Lipinski definition) is 1. The molecule has 1 aromatic rings. The van der Waals surface area contributed by atoms with E-state index < -0.39 is 0 Å². The molecule has 1 amide bonds. The van der Waals surface area contributed by atoms with Crippen molar-refractivity contribution in [3.63, 3.8) is 0 Å². The molecular weight excluding hydrogens is 241 g/mol. The number of hydrogen-bond acceptors (Lipinski definition) is 1. The third-order valence-electron chi connectivity index (χ3n) is 3.46. The first-order chi connectivity index (χ1) is 9.25. The van der Waals surface area contributed by atoms with E-state index in [1.165, 1.54) is 30.9 Å². The Morgan fingerprint density at radius 2 is 2.11 bits per heavy atom. The van der Waals surface area contributed by atoms with Gasteiger partial charge < -0.3 is 5.32 Å². The summed E-state index contributed by atoms with van der Waals surface area (Å²) in [5.74, 6) is -0.422. The highest BCUT2D eigenvalue weighted by atomic mass is 19.1. The van der Waals surface area contributed by atoms with Crippen molar-refractivity contribution in [2.24, 2.45) is 0 Å². The van der Waals surface area contributed by atoms with Crippen LogP contribution >= 0.6 is 0 Å². The number of benzene rings is 1. The number of allylic oxidation sites excluding steroid dienone is 1. The Morgan fingerprint density at radius 1 is 1.26 bits per heavy atom. The van der Waals surface area contributed by atoms with E-state index in [0.29, 0.717) is 12.1 Å². The molecule has 0 bridgehead atoms. The van der Waals surface area contributed by atoms with Crippen LogP contribution in [0.2, 0.25) is 0 Å². The van der Waals surface area contributed by atoms with E-state index in [9.17, 15) is 9.18 Å². The molecule has 1 aliphatic rings. The average molecular weight is 261 g/mol. The monoisotopic (exact) mass is 261 g/mol. The predicted octanol–water partition coefficient (Wildman–Crippen LogP) is 3.37. The molecule has 3 heteroatoms. The predicted molar refractivity (Wildman–Crippen MR) is 74.3 cm³/mol. The standard InChI is InChI=1S/C16H20FNO/c17-15-9-5-4-8-14(15)12-16(19)18-11-10-13-6-2-1-3-7-13/h4-6,8-9H,1-3,7,10-12H2,(H,18,19). The van der Waals surface area contributed by atoms with Crippen molar-refractivity contribution in [1.29, 1.82) is 0 Å². The number of carbonyl (C=O) groups excluding carboxylic acids is 1. The number of carbonyl (C=O) groups is 1. The summed E-state index contributed by atoms with van der Waals surface area (Å²) in [6.07, 6.45) is 8.18. The Labute approximate surface area is 113 Å². The van der Waals surface area contributed by atoms with Gasteiger partial charge in [-0.15, -0.1) is 0 Å². The molecule has 2 nitrogen and oxygen atoms in total. The van der Waals surface area contributed by atoms with Crippen molar-refractivity contribution in [2.45, 2.75) is 38.5 Å². The van der Waals surface area contributed by atoms with E-state index in [1.54, 1.807) is 18.2 Å². The van der Waals surface area contributed by atoms with Gasteiger partial charge in [0.25, 0.3) is 0 Å². The SMILES string of the molecule is O=C(Cc1ccccc1F)NCCC1=CCCCC1. The van der Waals surface area contributed by atoms with Gasteiger partial charge in [-0.2, -0.15) is 0 Å². The fourth-order valence-corrected chi connectivity index (χ4v) is 2.37. The topological polar surface area (TPSA) is 29.1 Å². The van der Waals surface area contributed by atoms with Gasteiger partial charge in [0.1, 0.15) is 5.82 Å². The molecule has 1 N–H and O–H groups in total. The van der Waals surface area contributed by atoms with E-state index in [4.69, 9.17) is 0 Å². The quantitative estimate of drug-likeness (QED) is 0.809. The van der Waals surface area contributed by atoms with Gasteiger partial charge in [0.15, 0.2) is 0 Å². The molecule has 1 aromatic carbocycles. The van der Waals surface area contributed by atoms with E-state index in [-0.39, 0.29) is 18.1 Å². The minimum Gasteiger partial charge on any atom is -0.355 e. The molecule has 0 spiro atoms. The van der Waals surface area contributed by atoms with Crippen molar-refractivity contribution >= 4 is 5.91 Å². The number of rotatable bonds is 5. The molecule has 1 aliphatic carbocycles. The van der Waals surface area contributed by atoms with Gasteiger partial charge in [-0.1, -0.05) is 29.8 Å². The van der Waals surface area contributed by atoms with Crippen molar-refractivity contribution in [3.8, 4) is 0 Å². The van der Waals surface area contributed by atoms with Crippen LogP contribution in [0.1, 0.15) is 37.7 Å². The van der Waals surface area contributed by atoms with Crippen molar-refractivity contribution in [1.82, 2.24) is 5.32 Å². The molecule has 19 heavy (non-hydrogen) atoms. The first kappa shape index (κ1) is 13.8. The molecule has 0 atom stereocenters. The normalized spacial score (nSPS) is 14.9. The number of amides is 1. The van der Waals surface area contributed by atoms with E-state index >= 15 is 0 Å². The first-order valence-electron chi connectivity index (χ1n) is 6.94. The average Bonchev–Trinajstić information content (AvgIpc) is 2.43. The minimum atomic E-state index is -0.312. The Balaban J connectivity index is 1.73. The van der Waals surface area contributed by atoms with Crippen LogP contribution < -0.4 is 5.32 Å². The summed E-state index contributed by atoms with van der Waals surface area (Å²) in [6, 6.07) is 6.42. The lowest BCUT2D eigenvalue weighted by Gasteiger charge is -2.13. The van der Waals surface area contributed by atoms with E-state index in [0.717, 1.165) is 12.8 Å². The zero-order valence-corrected chi connectivity index (χ0v) is 11.1. The van der Waals surface area contributed by atoms with Crippen LogP contribution in [-0.4, -0.2) is 12.5 Å². The highest BCUT2D eigenvalue weighted by molar-refractivity contribution is 5.78. The van der Waals surface area contributed by atoms with Gasteiger partial charge >= 0.3 is 0 Å². The second-order valence-electron chi connectivity index (χ2n) is 4.98. The molecule has 2 rings (SSSR count). The smallest absolute Gasteiger partial charge is 0.224 e. The van der Waals surface area contributed by atoms with Crippen molar-refractivity contribution < 1.29 is 9.18 Å². The van der Waals surface area contributed by atoms with E-state index in [2.05, 4.69) is 11.4 Å². The summed E-state index contributed by atoms with van der Waals surface area (Å²) in [7, 11) is 0. The lowest BCUT2D eigenvalue weighted by atomic mass is 9.97. The van der Waals surface area contributed by atoms with Crippen LogP contribution in [0.25, 0.3) is 0 Å². The highest BCUT2D eigenvalue weighted by Gasteiger charge is 2.08. The zero-order valence-electron chi connectivity index (χ0n) is 11.1. The summed E-state index contributed by atoms with van der Waals surface area (Å²) >= 11 is 0. The Kier molecular flexibility index (Phi) is 5.13. The number of halogens is 1. The van der Waals surface area contributed by atoms with Gasteiger partial charge in [-0.25, -0.2) is 4.39 Å². The van der Waals surface area contributed by atoms with Gasteiger partial charge in [0.05, 0.1) is 6.42 Å². The molecule has 0 unspecified atom stereocenters. The Hall–Kier alpha value is -1.64. The first-order valence-corrected chi connectivity index (χ1v) is 6.94. The molecule has 0 saturated carbocycles. The summed E-state index contributed by atoms with van der Waals surface area (Å²) in [5.41, 5.74) is 1.90. The Bertz CT molecular complexity index is 468. The van der Waals surface area contributed by atoms with Crippen LogP contribution in [0, 0.1) is 5.82 Å². The van der Waals surface area contributed by atoms with Gasteiger partial charge in [-0.05, 0) is 43.7 Å². The maximum Gasteiger partial charge on any atom is 0.224 e. The lowest BCUT2D eigenvalue weighted by Crippen LogP contribution is -2.26. The maximum atomic E-state index is 13.4. The Morgan fingerprint density at radius 3 is 2.84 bits per heavy atom. The molecule has 0 radical (unpaired) electrons. The second-order valence-corrected chi connectivity index (χ2v) is 4.98. The molecule has 0 saturated heterocycles. The van der Waals surface area contributed by atoms with Crippen molar-refractivity contribution in [3.05, 3.63) is 47.3 Å². The summed E-state index contributed by atoms with van der Waals surface area (Å²) < 4.78 is 13.4. The fraction of sp³-hybridized carbons (Fsp3) is 0.438. The number of nitrogens with one attached hydrogen (secondary N) is 1. The van der Waals surface area contributed by atoms with Crippen LogP contribution in [0.4, 0.5) is 4.39 Å². The second kappa shape index (κ2) is 7.07. The lowest BCUT2D eigenvalue weighted by molar-refractivity contribution is -0.120. The molecule has 0 fully saturated rings. The third-order valence-corrected chi connectivity index (χ3v) is 3.46. The van der Waals surface area contributed by atoms with Gasteiger partial charge in [0, 0.05) is 6.54 Å². The summed E-state index contributed by atoms with van der Waals surface area (Å²) in [6.45, 7) is 0.652. The van der Waals surface area contributed by atoms with Crippen molar-refractivity contribution in [2.75, 3.05) is 6.54 Å². The van der Waals surface area contributed by atoms with Crippen LogP contribution in [0.3, 0.4) is 0 Å². The molecule has 0 aliphatic heterocycles. The zero-order chi connectivity index (χ0) is 13.5. The van der Waals surface area contributed by atoms with Crippen LogP contribution in [0.15, 0.2) is 35.9 Å². The summed E-state index contributed by atoms with van der Waals surface area (Å²) in [5, 5.41) is 2.86. The van der Waals surface area contributed by atoms with Crippen LogP contribution in [-0.2, 0) is 11.2 Å².